The summed E-state index contributed by atoms with van der Waals surface area (Å²) in [7, 11) is 0. The smallest absolute Gasteiger partial charge is 0.0434 e. The van der Waals surface area contributed by atoms with Crippen molar-refractivity contribution in [1.82, 2.24) is 0 Å². The fourth-order valence-corrected chi connectivity index (χ4v) is 10.8. The summed E-state index contributed by atoms with van der Waals surface area (Å²) in [6.45, 7) is 0. The Balaban J connectivity index is 1.09. The van der Waals surface area contributed by atoms with Gasteiger partial charge < -0.3 is 0 Å². The summed E-state index contributed by atoms with van der Waals surface area (Å²) in [5, 5.41) is 13.2. The monoisotopic (exact) mass is 668 g/mol. The largest absolute Gasteiger partial charge is 0.135 e. The number of benzene rings is 9. The minimum absolute atomic E-state index is 1.25. The number of hydrogen-bond acceptors (Lipinski definition) is 2. The first-order valence-electron chi connectivity index (χ1n) is 17.1. The predicted molar refractivity (Wildman–Crippen MR) is 221 cm³/mol. The summed E-state index contributed by atoms with van der Waals surface area (Å²) in [5.74, 6) is 0. The Morgan fingerprint density at radius 1 is 0.240 bits per heavy atom. The highest BCUT2D eigenvalue weighted by molar-refractivity contribution is 7.27. The number of hydrogen-bond donors (Lipinski definition) is 0. The van der Waals surface area contributed by atoms with Crippen LogP contribution in [0.3, 0.4) is 0 Å². The highest BCUT2D eigenvalue weighted by Gasteiger charge is 2.17. The molecule has 50 heavy (non-hydrogen) atoms. The lowest BCUT2D eigenvalue weighted by atomic mass is 9.92. The Morgan fingerprint density at radius 2 is 0.640 bits per heavy atom. The van der Waals surface area contributed by atoms with Gasteiger partial charge in [-0.1, -0.05) is 152 Å². The summed E-state index contributed by atoms with van der Waals surface area (Å²) < 4.78 is 5.37. The molecule has 0 nitrogen and oxygen atoms in total. The van der Waals surface area contributed by atoms with E-state index in [1.54, 1.807) is 0 Å². The molecule has 11 rings (SSSR count). The number of thiophene rings is 2. The van der Waals surface area contributed by atoms with E-state index in [1.807, 2.05) is 22.7 Å². The van der Waals surface area contributed by atoms with Crippen molar-refractivity contribution in [3.63, 3.8) is 0 Å². The quantitative estimate of drug-likeness (QED) is 0.164. The third-order valence-corrected chi connectivity index (χ3v) is 13.0. The molecule has 2 aromatic heterocycles. The van der Waals surface area contributed by atoms with Crippen molar-refractivity contribution in [1.29, 1.82) is 0 Å². The fraction of sp³-hybridized carbons (Fsp3) is 0. The third kappa shape index (κ3) is 4.10. The van der Waals surface area contributed by atoms with Gasteiger partial charge in [-0.3, -0.25) is 0 Å². The molecule has 232 valence electrons. The lowest BCUT2D eigenvalue weighted by molar-refractivity contribution is 1.65. The lowest BCUT2D eigenvalue weighted by Crippen LogP contribution is -1.85. The average molecular weight is 669 g/mol. The van der Waals surface area contributed by atoms with Gasteiger partial charge in [0, 0.05) is 40.3 Å². The Morgan fingerprint density at radius 3 is 1.22 bits per heavy atom. The highest BCUT2D eigenvalue weighted by atomic mass is 32.1. The normalized spacial score (nSPS) is 12.0. The van der Waals surface area contributed by atoms with Gasteiger partial charge in [-0.2, -0.15) is 0 Å². The molecule has 0 aliphatic rings. The second kappa shape index (κ2) is 10.9. The third-order valence-electron chi connectivity index (χ3n) is 10.5. The molecule has 0 bridgehead atoms. The Kier molecular flexibility index (Phi) is 6.09. The molecule has 0 saturated heterocycles. The number of fused-ring (bicyclic) bond motifs is 12. The maximum absolute atomic E-state index is 2.42. The fourth-order valence-electron chi connectivity index (χ4n) is 8.18. The van der Waals surface area contributed by atoms with Crippen LogP contribution in [0.1, 0.15) is 0 Å². The molecule has 2 heterocycles. The summed E-state index contributed by atoms with van der Waals surface area (Å²) in [4.78, 5) is 0. The summed E-state index contributed by atoms with van der Waals surface area (Å²) >= 11 is 3.82. The van der Waals surface area contributed by atoms with Crippen molar-refractivity contribution >= 4 is 95.3 Å². The van der Waals surface area contributed by atoms with Gasteiger partial charge in [0.05, 0.1) is 0 Å². The van der Waals surface area contributed by atoms with Gasteiger partial charge >= 0.3 is 0 Å². The van der Waals surface area contributed by atoms with Gasteiger partial charge in [0.25, 0.3) is 0 Å². The second-order valence-electron chi connectivity index (χ2n) is 13.2. The van der Waals surface area contributed by atoms with Crippen molar-refractivity contribution < 1.29 is 0 Å². The second-order valence-corrected chi connectivity index (χ2v) is 15.3. The van der Waals surface area contributed by atoms with Crippen molar-refractivity contribution in [2.75, 3.05) is 0 Å². The van der Waals surface area contributed by atoms with Crippen LogP contribution in [0.2, 0.25) is 0 Å². The SMILES string of the molecule is c1cc(-c2cccc3c2sc2ccccc23)cc(-c2cccc3c2sc2c(-c4ccc5c6ccccc6c6ccccc6c5c4)cccc23)c1. The van der Waals surface area contributed by atoms with Crippen molar-refractivity contribution in [2.24, 2.45) is 0 Å². The molecule has 0 aliphatic carbocycles. The van der Waals surface area contributed by atoms with Crippen LogP contribution in [-0.2, 0) is 0 Å². The van der Waals surface area contributed by atoms with Gasteiger partial charge in [-0.05, 0) is 83.9 Å². The standard InChI is InChI=1S/C48H28S2/c1-2-15-37-35(13-1)36-14-3-4-16-38(36)44-28-31(25-26-39(37)44)34-20-10-23-43-42-22-9-19-33(47(42)50-48(34)43)30-12-7-11-29(27-30)32-18-8-21-41-40-17-5-6-24-45(40)49-46(32)41/h1-28H. The molecule has 0 saturated carbocycles. The first-order chi connectivity index (χ1) is 24.8. The molecular weight excluding hydrogens is 641 g/mol. The summed E-state index contributed by atoms with van der Waals surface area (Å²) in [5.41, 5.74) is 7.65. The molecule has 0 unspecified atom stereocenters. The zero-order chi connectivity index (χ0) is 32.8. The van der Waals surface area contributed by atoms with E-state index in [4.69, 9.17) is 0 Å². The maximum atomic E-state index is 2.42. The van der Waals surface area contributed by atoms with Crippen LogP contribution in [0.4, 0.5) is 0 Å². The minimum atomic E-state index is 1.25. The Labute approximate surface area is 297 Å². The molecule has 0 amide bonds. The van der Waals surface area contributed by atoms with Crippen LogP contribution in [0, 0.1) is 0 Å². The molecule has 0 radical (unpaired) electrons. The van der Waals surface area contributed by atoms with Crippen molar-refractivity contribution in [2.45, 2.75) is 0 Å². The Hall–Kier alpha value is -5.80. The van der Waals surface area contributed by atoms with E-state index in [0.29, 0.717) is 0 Å². The van der Waals surface area contributed by atoms with Crippen LogP contribution in [0.25, 0.3) is 106 Å². The summed E-state index contributed by atoms with van der Waals surface area (Å²) in [6.07, 6.45) is 0. The Bertz CT molecular complexity index is 3120. The lowest BCUT2D eigenvalue weighted by Gasteiger charge is -2.12. The zero-order valence-corrected chi connectivity index (χ0v) is 28.6. The zero-order valence-electron chi connectivity index (χ0n) is 27.0. The maximum Gasteiger partial charge on any atom is 0.0434 e. The first kappa shape index (κ1) is 28.1. The first-order valence-corrected chi connectivity index (χ1v) is 18.7. The van der Waals surface area contributed by atoms with E-state index in [-0.39, 0.29) is 0 Å². The molecule has 2 heteroatoms. The predicted octanol–water partition coefficient (Wildman–Crippen LogP) is 14.9. The van der Waals surface area contributed by atoms with Crippen LogP contribution in [-0.4, -0.2) is 0 Å². The van der Waals surface area contributed by atoms with Crippen LogP contribution >= 0.6 is 22.7 Å². The van der Waals surface area contributed by atoms with E-state index in [0.717, 1.165) is 0 Å². The van der Waals surface area contributed by atoms with Gasteiger partial charge in [-0.25, -0.2) is 0 Å². The van der Waals surface area contributed by atoms with E-state index >= 15 is 0 Å². The van der Waals surface area contributed by atoms with Crippen molar-refractivity contribution in [3.05, 3.63) is 170 Å². The molecule has 0 aliphatic heterocycles. The molecule has 11 aromatic rings. The van der Waals surface area contributed by atoms with Crippen LogP contribution in [0.15, 0.2) is 170 Å². The molecule has 0 N–H and O–H groups in total. The molecule has 0 atom stereocenters. The van der Waals surface area contributed by atoms with E-state index in [9.17, 15) is 0 Å². The van der Waals surface area contributed by atoms with Gasteiger partial charge in [0.15, 0.2) is 0 Å². The topological polar surface area (TPSA) is 0 Å². The van der Waals surface area contributed by atoms with E-state index in [1.165, 1.54) is 106 Å². The van der Waals surface area contributed by atoms with E-state index < -0.39 is 0 Å². The molecule has 0 spiro atoms. The molecule has 9 aromatic carbocycles. The minimum Gasteiger partial charge on any atom is -0.135 e. The molecule has 0 fully saturated rings. The average Bonchev–Trinajstić information content (AvgIpc) is 3.77. The van der Waals surface area contributed by atoms with E-state index in [2.05, 4.69) is 170 Å². The van der Waals surface area contributed by atoms with Crippen molar-refractivity contribution in [3.8, 4) is 33.4 Å². The highest BCUT2D eigenvalue weighted by Crippen LogP contribution is 2.46. The van der Waals surface area contributed by atoms with Gasteiger partial charge in [0.1, 0.15) is 0 Å². The summed E-state index contributed by atoms with van der Waals surface area (Å²) in [6, 6.07) is 63.0. The van der Waals surface area contributed by atoms with Crippen LogP contribution < -0.4 is 0 Å². The van der Waals surface area contributed by atoms with Gasteiger partial charge in [0.2, 0.25) is 0 Å². The molecular formula is C48H28S2. The van der Waals surface area contributed by atoms with Crippen LogP contribution in [0.5, 0.6) is 0 Å². The number of rotatable bonds is 3. The van der Waals surface area contributed by atoms with Gasteiger partial charge in [-0.15, -0.1) is 22.7 Å².